The Hall–Kier alpha value is -2.03. The number of hydrogen-bond donors (Lipinski definition) is 2. The van der Waals surface area contributed by atoms with Gasteiger partial charge < -0.3 is 5.32 Å². The fourth-order valence-corrected chi connectivity index (χ4v) is 3.23. The second-order valence-electron chi connectivity index (χ2n) is 6.08. The Morgan fingerprint density at radius 2 is 1.96 bits per heavy atom. The molecule has 2 heterocycles. The van der Waals surface area contributed by atoms with E-state index in [1.165, 1.54) is 10.0 Å². The van der Waals surface area contributed by atoms with Gasteiger partial charge in [-0.3, -0.25) is 19.7 Å². The summed E-state index contributed by atoms with van der Waals surface area (Å²) in [7, 11) is 0. The highest BCUT2D eigenvalue weighted by Gasteiger charge is 2.56. The number of carbonyl (C=O) groups excluding carboxylic acids is 3. The molecule has 24 heavy (non-hydrogen) atoms. The van der Waals surface area contributed by atoms with Gasteiger partial charge in [-0.05, 0) is 50.3 Å². The molecule has 2 saturated heterocycles. The molecule has 7 nitrogen and oxygen atoms in total. The van der Waals surface area contributed by atoms with Crippen LogP contribution in [0.5, 0.6) is 0 Å². The predicted molar refractivity (Wildman–Crippen MR) is 92.0 cm³/mol. The molecule has 0 aromatic heterocycles. The summed E-state index contributed by atoms with van der Waals surface area (Å²) < 4.78 is 0. The van der Waals surface area contributed by atoms with Crippen LogP contribution in [-0.4, -0.2) is 44.4 Å². The van der Waals surface area contributed by atoms with Gasteiger partial charge in [0.2, 0.25) is 17.7 Å². The number of anilines is 1. The number of hydrogen-bond acceptors (Lipinski definition) is 5. The summed E-state index contributed by atoms with van der Waals surface area (Å²) in [5, 5.41) is 8.42. The lowest BCUT2D eigenvalue weighted by Gasteiger charge is -2.45. The second kappa shape index (κ2) is 5.80. The molecule has 0 saturated carbocycles. The number of rotatable bonds is 2. The van der Waals surface area contributed by atoms with Crippen LogP contribution < -0.4 is 10.6 Å². The molecule has 1 aromatic rings. The van der Waals surface area contributed by atoms with E-state index in [9.17, 15) is 14.4 Å². The van der Waals surface area contributed by atoms with Crippen LogP contribution >= 0.6 is 23.8 Å². The van der Waals surface area contributed by atoms with Gasteiger partial charge in [0, 0.05) is 10.7 Å². The van der Waals surface area contributed by atoms with Gasteiger partial charge in [0.05, 0.1) is 6.42 Å². The second-order valence-corrected chi connectivity index (χ2v) is 6.91. The molecule has 0 aliphatic carbocycles. The Morgan fingerprint density at radius 1 is 1.33 bits per heavy atom. The lowest BCUT2D eigenvalue weighted by atomic mass is 10.00. The first kappa shape index (κ1) is 16.8. The van der Waals surface area contributed by atoms with Crippen molar-refractivity contribution in [3.05, 3.63) is 29.3 Å². The van der Waals surface area contributed by atoms with E-state index in [1.54, 1.807) is 38.1 Å². The maximum absolute atomic E-state index is 12.7. The summed E-state index contributed by atoms with van der Waals surface area (Å²) in [4.78, 5) is 37.1. The largest absolute Gasteiger partial charge is 0.325 e. The van der Waals surface area contributed by atoms with Crippen LogP contribution in [0.3, 0.4) is 0 Å². The topological polar surface area (TPSA) is 81.8 Å². The fourth-order valence-electron chi connectivity index (χ4n) is 2.82. The number of benzene rings is 1. The summed E-state index contributed by atoms with van der Waals surface area (Å²) in [6.45, 7) is 3.27. The minimum absolute atomic E-state index is 0.00822. The number of carbonyl (C=O) groups is 3. The van der Waals surface area contributed by atoms with E-state index < -0.39 is 17.5 Å². The molecule has 2 N–H and O–H groups in total. The first-order valence-corrected chi connectivity index (χ1v) is 8.04. The van der Waals surface area contributed by atoms with Crippen LogP contribution in [0.15, 0.2) is 24.3 Å². The highest BCUT2D eigenvalue weighted by molar-refractivity contribution is 7.80. The molecule has 126 valence electrons. The van der Waals surface area contributed by atoms with Crippen LogP contribution in [-0.2, 0) is 14.4 Å². The molecule has 2 aliphatic rings. The summed E-state index contributed by atoms with van der Waals surface area (Å²) in [6, 6.07) is 5.79. The number of nitrogens with one attached hydrogen (secondary N) is 2. The van der Waals surface area contributed by atoms with E-state index in [0.717, 1.165) is 0 Å². The highest BCUT2D eigenvalue weighted by Crippen LogP contribution is 2.33. The first-order chi connectivity index (χ1) is 11.2. The average Bonchev–Trinajstić information content (AvgIpc) is 2.87. The first-order valence-electron chi connectivity index (χ1n) is 7.26. The molecular weight excluding hydrogens is 352 g/mol. The lowest BCUT2D eigenvalue weighted by molar-refractivity contribution is -0.154. The van der Waals surface area contributed by atoms with Crippen molar-refractivity contribution in [3.63, 3.8) is 0 Å². The van der Waals surface area contributed by atoms with Crippen LogP contribution in [0.25, 0.3) is 0 Å². The van der Waals surface area contributed by atoms with Crippen molar-refractivity contribution in [2.24, 2.45) is 0 Å². The third-order valence-electron chi connectivity index (χ3n) is 4.07. The van der Waals surface area contributed by atoms with E-state index in [4.69, 9.17) is 23.8 Å². The molecule has 0 bridgehead atoms. The minimum Gasteiger partial charge on any atom is -0.325 e. The van der Waals surface area contributed by atoms with Crippen molar-refractivity contribution in [2.75, 3.05) is 5.32 Å². The number of thiocarbonyl (C=S) groups is 1. The molecule has 3 amide bonds. The smallest absolute Gasteiger partial charge is 0.248 e. The van der Waals surface area contributed by atoms with Gasteiger partial charge in [0.15, 0.2) is 5.11 Å². The maximum Gasteiger partial charge on any atom is 0.248 e. The number of hydrazine groups is 1. The third kappa shape index (κ3) is 2.66. The van der Waals surface area contributed by atoms with Crippen molar-refractivity contribution in [3.8, 4) is 0 Å². The Kier molecular flexibility index (Phi) is 4.06. The zero-order valence-electron chi connectivity index (χ0n) is 13.0. The Labute approximate surface area is 148 Å². The average molecular weight is 367 g/mol. The molecule has 1 atom stereocenters. The van der Waals surface area contributed by atoms with Gasteiger partial charge in [0.25, 0.3) is 0 Å². The lowest BCUT2D eigenvalue weighted by Crippen LogP contribution is -2.71. The van der Waals surface area contributed by atoms with Crippen LogP contribution in [0.1, 0.15) is 20.3 Å². The number of fused-ring (bicyclic) bond motifs is 1. The molecule has 3 rings (SSSR count). The molecule has 1 aromatic carbocycles. The number of nitrogens with zero attached hydrogens (tertiary/aromatic N) is 2. The number of halogens is 1. The van der Waals surface area contributed by atoms with Crippen LogP contribution in [0, 0.1) is 0 Å². The number of amides is 3. The molecule has 0 unspecified atom stereocenters. The predicted octanol–water partition coefficient (Wildman–Crippen LogP) is 1.29. The van der Waals surface area contributed by atoms with Crippen molar-refractivity contribution < 1.29 is 14.4 Å². The van der Waals surface area contributed by atoms with Gasteiger partial charge in [-0.1, -0.05) is 11.6 Å². The van der Waals surface area contributed by atoms with E-state index in [2.05, 4.69) is 10.6 Å². The highest BCUT2D eigenvalue weighted by atomic mass is 35.5. The SMILES string of the molecule is CC1(C)C(=O)NC(=S)N2C(=O)C[C@@H](C(=O)Nc3ccc(Cl)cc3)N21. The Bertz CT molecular complexity index is 750. The monoisotopic (exact) mass is 366 g/mol. The van der Waals surface area contributed by atoms with Crippen molar-refractivity contribution in [2.45, 2.75) is 31.8 Å². The zero-order chi connectivity index (χ0) is 17.6. The van der Waals surface area contributed by atoms with Crippen LogP contribution in [0.4, 0.5) is 5.69 Å². The summed E-state index contributed by atoms with van der Waals surface area (Å²) >= 11 is 10.9. The Morgan fingerprint density at radius 3 is 2.58 bits per heavy atom. The van der Waals surface area contributed by atoms with E-state index >= 15 is 0 Å². The standard InChI is InChI=1S/C15H15ClN4O3S/c1-15(2)13(23)18-14(24)19-11(21)7-10(20(15)19)12(22)17-9-5-3-8(16)4-6-9/h3-6,10H,7H2,1-2H3,(H,17,22)(H,18,23,24)/t10-/m0/s1. The molecule has 2 fully saturated rings. The van der Waals surface area contributed by atoms with Crippen molar-refractivity contribution >= 4 is 52.3 Å². The quantitative estimate of drug-likeness (QED) is 0.771. The molecule has 9 heteroatoms. The molecule has 0 radical (unpaired) electrons. The third-order valence-corrected chi connectivity index (χ3v) is 4.60. The van der Waals surface area contributed by atoms with Crippen LogP contribution in [0.2, 0.25) is 5.02 Å². The summed E-state index contributed by atoms with van der Waals surface area (Å²) in [5.74, 6) is -1.08. The van der Waals surface area contributed by atoms with Crippen molar-refractivity contribution in [1.29, 1.82) is 0 Å². The molecular formula is C15H15ClN4O3S. The summed E-state index contributed by atoms with van der Waals surface area (Å²) in [5.41, 5.74) is -0.534. The Balaban J connectivity index is 1.88. The van der Waals surface area contributed by atoms with Gasteiger partial charge in [0.1, 0.15) is 11.6 Å². The van der Waals surface area contributed by atoms with E-state index in [0.29, 0.717) is 10.7 Å². The van der Waals surface area contributed by atoms with E-state index in [1.807, 2.05) is 0 Å². The molecule has 0 spiro atoms. The minimum atomic E-state index is -1.09. The van der Waals surface area contributed by atoms with Crippen molar-refractivity contribution in [1.82, 2.24) is 15.3 Å². The van der Waals surface area contributed by atoms with Gasteiger partial charge >= 0.3 is 0 Å². The zero-order valence-corrected chi connectivity index (χ0v) is 14.6. The van der Waals surface area contributed by atoms with Gasteiger partial charge in [-0.15, -0.1) is 0 Å². The van der Waals surface area contributed by atoms with E-state index in [-0.39, 0.29) is 23.3 Å². The normalized spacial score (nSPS) is 23.0. The fraction of sp³-hybridized carbons (Fsp3) is 0.333. The van der Waals surface area contributed by atoms with Gasteiger partial charge in [-0.25, -0.2) is 5.01 Å². The summed E-state index contributed by atoms with van der Waals surface area (Å²) in [6.07, 6.45) is -0.0576. The van der Waals surface area contributed by atoms with Gasteiger partial charge in [-0.2, -0.15) is 5.01 Å². The maximum atomic E-state index is 12.7. The molecule has 2 aliphatic heterocycles.